The van der Waals surface area contributed by atoms with Gasteiger partial charge in [0, 0.05) is 22.7 Å². The van der Waals surface area contributed by atoms with Crippen LogP contribution in [0.3, 0.4) is 0 Å². The SMILES string of the molecule is C=CCSc1nc2c(=O)c3c(sc2n1CC)CCC3. The van der Waals surface area contributed by atoms with E-state index in [2.05, 4.69) is 23.1 Å². The highest BCUT2D eigenvalue weighted by atomic mass is 32.2. The molecule has 0 radical (unpaired) electrons. The normalized spacial score (nSPS) is 13.9. The Balaban J connectivity index is 2.24. The first-order valence-electron chi connectivity index (χ1n) is 6.55. The van der Waals surface area contributed by atoms with Gasteiger partial charge in [-0.25, -0.2) is 4.98 Å². The lowest BCUT2D eigenvalue weighted by molar-refractivity contribution is 0.706. The third kappa shape index (κ3) is 2.05. The van der Waals surface area contributed by atoms with Gasteiger partial charge in [0.2, 0.25) is 5.43 Å². The Bertz CT molecular complexity index is 700. The van der Waals surface area contributed by atoms with E-state index < -0.39 is 0 Å². The van der Waals surface area contributed by atoms with Crippen LogP contribution in [0.2, 0.25) is 0 Å². The zero-order valence-electron chi connectivity index (χ0n) is 10.9. The van der Waals surface area contributed by atoms with E-state index in [4.69, 9.17) is 0 Å². The van der Waals surface area contributed by atoms with Gasteiger partial charge in [-0.3, -0.25) is 4.79 Å². The highest BCUT2D eigenvalue weighted by Gasteiger charge is 2.21. The average Bonchev–Trinajstić information content (AvgIpc) is 3.01. The van der Waals surface area contributed by atoms with Crippen LogP contribution < -0.4 is 5.43 Å². The summed E-state index contributed by atoms with van der Waals surface area (Å²) in [5.74, 6) is 0.821. The maximum Gasteiger partial charge on any atom is 0.211 e. The molecule has 0 unspecified atom stereocenters. The quantitative estimate of drug-likeness (QED) is 0.641. The summed E-state index contributed by atoms with van der Waals surface area (Å²) in [5, 5.41) is 0.939. The minimum absolute atomic E-state index is 0.161. The minimum Gasteiger partial charge on any atom is -0.311 e. The third-order valence-electron chi connectivity index (χ3n) is 3.41. The molecule has 0 bridgehead atoms. The van der Waals surface area contributed by atoms with Crippen LogP contribution in [0.25, 0.3) is 10.3 Å². The topological polar surface area (TPSA) is 34.9 Å². The molecule has 1 aliphatic rings. The molecule has 2 heterocycles. The van der Waals surface area contributed by atoms with Crippen molar-refractivity contribution in [3.05, 3.63) is 33.3 Å². The van der Waals surface area contributed by atoms with Crippen molar-refractivity contribution in [3.8, 4) is 0 Å². The first-order chi connectivity index (χ1) is 9.26. The maximum atomic E-state index is 12.5. The van der Waals surface area contributed by atoms with Crippen molar-refractivity contribution >= 4 is 33.4 Å². The summed E-state index contributed by atoms with van der Waals surface area (Å²) >= 11 is 3.40. The van der Waals surface area contributed by atoms with Crippen LogP contribution >= 0.6 is 23.1 Å². The van der Waals surface area contributed by atoms with Gasteiger partial charge in [0.25, 0.3) is 0 Å². The molecule has 0 aliphatic heterocycles. The van der Waals surface area contributed by atoms with Gasteiger partial charge in [-0.15, -0.1) is 17.9 Å². The summed E-state index contributed by atoms with van der Waals surface area (Å²) in [5.41, 5.74) is 1.84. The molecule has 1 aliphatic carbocycles. The summed E-state index contributed by atoms with van der Waals surface area (Å²) in [4.78, 5) is 19.4. The van der Waals surface area contributed by atoms with E-state index in [0.717, 1.165) is 47.1 Å². The van der Waals surface area contributed by atoms with Crippen LogP contribution in [-0.4, -0.2) is 15.3 Å². The molecule has 100 valence electrons. The average molecular weight is 292 g/mol. The van der Waals surface area contributed by atoms with E-state index in [1.165, 1.54) is 4.88 Å². The molecule has 3 rings (SSSR count). The number of thioether (sulfide) groups is 1. The Morgan fingerprint density at radius 2 is 2.37 bits per heavy atom. The number of aryl methyl sites for hydroxylation is 2. The second-order valence-corrected chi connectivity index (χ2v) is 6.65. The van der Waals surface area contributed by atoms with E-state index in [0.29, 0.717) is 5.52 Å². The van der Waals surface area contributed by atoms with Crippen LogP contribution in [0.15, 0.2) is 22.6 Å². The molecule has 2 aromatic rings. The Morgan fingerprint density at radius 3 is 3.11 bits per heavy atom. The Morgan fingerprint density at radius 1 is 1.53 bits per heavy atom. The van der Waals surface area contributed by atoms with Crippen LogP contribution in [0.1, 0.15) is 23.8 Å². The van der Waals surface area contributed by atoms with Gasteiger partial charge in [-0.1, -0.05) is 17.8 Å². The number of aromatic nitrogens is 2. The van der Waals surface area contributed by atoms with Gasteiger partial charge in [-0.2, -0.15) is 0 Å². The molecule has 0 saturated carbocycles. The van der Waals surface area contributed by atoms with Crippen molar-refractivity contribution in [2.45, 2.75) is 37.9 Å². The zero-order valence-corrected chi connectivity index (χ0v) is 12.6. The van der Waals surface area contributed by atoms with Gasteiger partial charge in [0.1, 0.15) is 10.3 Å². The first kappa shape index (κ1) is 12.9. The molecule has 2 aromatic heterocycles. The van der Waals surface area contributed by atoms with Crippen molar-refractivity contribution in [1.29, 1.82) is 0 Å². The highest BCUT2D eigenvalue weighted by Crippen LogP contribution is 2.31. The summed E-state index contributed by atoms with van der Waals surface area (Å²) in [7, 11) is 0. The van der Waals surface area contributed by atoms with Gasteiger partial charge in [0.05, 0.1) is 0 Å². The molecule has 3 nitrogen and oxygen atoms in total. The summed E-state index contributed by atoms with van der Waals surface area (Å²) < 4.78 is 2.16. The van der Waals surface area contributed by atoms with E-state index in [1.54, 1.807) is 23.1 Å². The van der Waals surface area contributed by atoms with Crippen molar-refractivity contribution in [2.24, 2.45) is 0 Å². The number of fused-ring (bicyclic) bond motifs is 2. The van der Waals surface area contributed by atoms with Gasteiger partial charge >= 0.3 is 0 Å². The largest absolute Gasteiger partial charge is 0.311 e. The highest BCUT2D eigenvalue weighted by molar-refractivity contribution is 7.99. The molecule has 0 saturated heterocycles. The molecule has 0 N–H and O–H groups in total. The Kier molecular flexibility index (Phi) is 3.50. The molecule has 0 spiro atoms. The molecule has 5 heteroatoms. The lowest BCUT2D eigenvalue weighted by atomic mass is 10.2. The first-order valence-corrected chi connectivity index (χ1v) is 8.35. The van der Waals surface area contributed by atoms with Crippen LogP contribution in [0, 0.1) is 0 Å². The predicted molar refractivity (Wildman–Crippen MR) is 82.5 cm³/mol. The molecule has 0 atom stereocenters. The standard InChI is InChI=1S/C14H16N2OS2/c1-3-8-18-14-15-11-12(17)9-6-5-7-10(9)19-13(11)16(14)4-2/h3H,1,4-8H2,2H3. The number of imidazole rings is 1. The fourth-order valence-corrected chi connectivity index (χ4v) is 4.74. The second-order valence-electron chi connectivity index (χ2n) is 4.58. The number of hydrogen-bond acceptors (Lipinski definition) is 4. The fourth-order valence-electron chi connectivity index (χ4n) is 2.52. The molecule has 0 fully saturated rings. The van der Waals surface area contributed by atoms with Gasteiger partial charge in [-0.05, 0) is 26.2 Å². The third-order valence-corrected chi connectivity index (χ3v) is 5.69. The summed E-state index contributed by atoms with van der Waals surface area (Å²) in [6, 6.07) is 0. The molecule has 19 heavy (non-hydrogen) atoms. The smallest absolute Gasteiger partial charge is 0.211 e. The lowest BCUT2D eigenvalue weighted by Gasteiger charge is -2.04. The van der Waals surface area contributed by atoms with Crippen molar-refractivity contribution in [1.82, 2.24) is 9.55 Å². The Labute approximate surface area is 120 Å². The van der Waals surface area contributed by atoms with E-state index in [9.17, 15) is 4.79 Å². The van der Waals surface area contributed by atoms with Crippen LogP contribution in [-0.2, 0) is 19.4 Å². The minimum atomic E-state index is 0.161. The Hall–Kier alpha value is -1.07. The lowest BCUT2D eigenvalue weighted by Crippen LogP contribution is -2.07. The number of nitrogens with zero attached hydrogens (tertiary/aromatic N) is 2. The van der Waals surface area contributed by atoms with E-state index in [1.807, 2.05) is 6.08 Å². The van der Waals surface area contributed by atoms with Gasteiger partial charge < -0.3 is 4.57 Å². The second kappa shape index (κ2) is 5.13. The summed E-state index contributed by atoms with van der Waals surface area (Å²) in [6.45, 7) is 6.69. The van der Waals surface area contributed by atoms with Crippen molar-refractivity contribution in [3.63, 3.8) is 0 Å². The van der Waals surface area contributed by atoms with Gasteiger partial charge in [0.15, 0.2) is 5.16 Å². The van der Waals surface area contributed by atoms with Crippen molar-refractivity contribution in [2.75, 3.05) is 5.75 Å². The summed E-state index contributed by atoms with van der Waals surface area (Å²) in [6.07, 6.45) is 4.95. The van der Waals surface area contributed by atoms with E-state index >= 15 is 0 Å². The monoisotopic (exact) mass is 292 g/mol. The number of rotatable bonds is 4. The van der Waals surface area contributed by atoms with Crippen LogP contribution in [0.5, 0.6) is 0 Å². The predicted octanol–water partition coefficient (Wildman–Crippen LogP) is 3.24. The number of hydrogen-bond donors (Lipinski definition) is 0. The maximum absolute atomic E-state index is 12.5. The van der Waals surface area contributed by atoms with Crippen molar-refractivity contribution < 1.29 is 0 Å². The van der Waals surface area contributed by atoms with Crippen LogP contribution in [0.4, 0.5) is 0 Å². The molecule has 0 amide bonds. The molecule has 0 aromatic carbocycles. The van der Waals surface area contributed by atoms with E-state index in [-0.39, 0.29) is 5.43 Å². The molecular weight excluding hydrogens is 276 g/mol. The fraction of sp³-hybridized carbons (Fsp3) is 0.429. The zero-order chi connectivity index (χ0) is 13.4. The molecular formula is C14H16N2OS2.